The number of carbonyl (C=O) groups excluding carboxylic acids is 2. The van der Waals surface area contributed by atoms with Crippen molar-refractivity contribution in [3.05, 3.63) is 30.3 Å². The summed E-state index contributed by atoms with van der Waals surface area (Å²) in [4.78, 5) is 27.9. The van der Waals surface area contributed by atoms with E-state index < -0.39 is 0 Å². The SMILES string of the molecule is CC(C)(C)C(=O)N1CCCC(C(=O)NCCCSc2ccccc2)C1. The van der Waals surface area contributed by atoms with Gasteiger partial charge in [-0.05, 0) is 37.1 Å². The maximum atomic E-state index is 12.4. The fourth-order valence-electron chi connectivity index (χ4n) is 2.98. The molecule has 1 fully saturated rings. The van der Waals surface area contributed by atoms with Gasteiger partial charge in [-0.3, -0.25) is 9.59 Å². The Balaban J connectivity index is 1.69. The molecule has 1 aliphatic rings. The summed E-state index contributed by atoms with van der Waals surface area (Å²) in [6.07, 6.45) is 2.73. The van der Waals surface area contributed by atoms with Crippen molar-refractivity contribution in [3.63, 3.8) is 0 Å². The van der Waals surface area contributed by atoms with E-state index >= 15 is 0 Å². The van der Waals surface area contributed by atoms with E-state index in [9.17, 15) is 9.59 Å². The van der Waals surface area contributed by atoms with Gasteiger partial charge in [0, 0.05) is 29.9 Å². The van der Waals surface area contributed by atoms with Crippen LogP contribution in [0, 0.1) is 11.3 Å². The van der Waals surface area contributed by atoms with Gasteiger partial charge in [0.15, 0.2) is 0 Å². The van der Waals surface area contributed by atoms with Crippen LogP contribution in [0.2, 0.25) is 0 Å². The van der Waals surface area contributed by atoms with Gasteiger partial charge < -0.3 is 10.2 Å². The summed E-state index contributed by atoms with van der Waals surface area (Å²) in [6.45, 7) is 7.83. The van der Waals surface area contributed by atoms with Crippen LogP contribution in [-0.2, 0) is 9.59 Å². The van der Waals surface area contributed by atoms with Crippen LogP contribution < -0.4 is 5.32 Å². The standard InChI is InChI=1S/C20H30N2O2S/c1-20(2,3)19(24)22-13-7-9-16(15-22)18(23)21-12-8-14-25-17-10-5-4-6-11-17/h4-6,10-11,16H,7-9,12-15H2,1-3H3,(H,21,23). The number of nitrogens with zero attached hydrogens (tertiary/aromatic N) is 1. The molecule has 1 N–H and O–H groups in total. The molecule has 0 spiro atoms. The van der Waals surface area contributed by atoms with Crippen LogP contribution in [0.15, 0.2) is 35.2 Å². The summed E-state index contributed by atoms with van der Waals surface area (Å²) in [5.74, 6) is 1.16. The summed E-state index contributed by atoms with van der Waals surface area (Å²) in [7, 11) is 0. The van der Waals surface area contributed by atoms with Gasteiger partial charge in [-0.15, -0.1) is 11.8 Å². The van der Waals surface area contributed by atoms with Gasteiger partial charge in [0.05, 0.1) is 5.92 Å². The van der Waals surface area contributed by atoms with Crippen LogP contribution in [-0.4, -0.2) is 42.1 Å². The first-order valence-corrected chi connectivity index (χ1v) is 10.1. The third-order valence-electron chi connectivity index (χ3n) is 4.35. The zero-order chi connectivity index (χ0) is 18.3. The Bertz CT molecular complexity index is 569. The molecule has 0 bridgehead atoms. The highest BCUT2D eigenvalue weighted by atomic mass is 32.2. The smallest absolute Gasteiger partial charge is 0.227 e. The molecule has 1 aromatic rings. The molecule has 1 saturated heterocycles. The topological polar surface area (TPSA) is 49.4 Å². The summed E-state index contributed by atoms with van der Waals surface area (Å²) < 4.78 is 0. The second-order valence-electron chi connectivity index (χ2n) is 7.65. The Labute approximate surface area is 155 Å². The van der Waals surface area contributed by atoms with Gasteiger partial charge in [0.2, 0.25) is 11.8 Å². The highest BCUT2D eigenvalue weighted by molar-refractivity contribution is 7.99. The lowest BCUT2D eigenvalue weighted by Gasteiger charge is -2.35. The van der Waals surface area contributed by atoms with Gasteiger partial charge in [-0.25, -0.2) is 0 Å². The number of thioether (sulfide) groups is 1. The Morgan fingerprint density at radius 3 is 2.64 bits per heavy atom. The van der Waals surface area contributed by atoms with Gasteiger partial charge >= 0.3 is 0 Å². The molecular weight excluding hydrogens is 332 g/mol. The van der Waals surface area contributed by atoms with Crippen LogP contribution in [0.4, 0.5) is 0 Å². The number of hydrogen-bond donors (Lipinski definition) is 1. The van der Waals surface area contributed by atoms with Crippen molar-refractivity contribution in [2.45, 2.75) is 44.9 Å². The molecule has 1 atom stereocenters. The monoisotopic (exact) mass is 362 g/mol. The maximum Gasteiger partial charge on any atom is 0.227 e. The zero-order valence-corrected chi connectivity index (χ0v) is 16.4. The third-order valence-corrected chi connectivity index (χ3v) is 5.45. The normalized spacial score (nSPS) is 18.0. The third kappa shape index (κ3) is 6.38. The molecule has 2 rings (SSSR count). The molecule has 25 heavy (non-hydrogen) atoms. The number of carbonyl (C=O) groups is 2. The minimum Gasteiger partial charge on any atom is -0.356 e. The molecule has 0 radical (unpaired) electrons. The van der Waals surface area contributed by atoms with Crippen LogP contribution in [0.3, 0.4) is 0 Å². The fraction of sp³-hybridized carbons (Fsp3) is 0.600. The number of rotatable bonds is 6. The molecule has 4 nitrogen and oxygen atoms in total. The van der Waals surface area contributed by atoms with Crippen LogP contribution in [0.1, 0.15) is 40.0 Å². The number of hydrogen-bond acceptors (Lipinski definition) is 3. The minimum absolute atomic E-state index is 0.0678. The fourth-order valence-corrected chi connectivity index (χ4v) is 3.86. The van der Waals surface area contributed by atoms with Crippen molar-refractivity contribution < 1.29 is 9.59 Å². The van der Waals surface area contributed by atoms with Crippen molar-refractivity contribution in [3.8, 4) is 0 Å². The van der Waals surface area contributed by atoms with E-state index in [1.54, 1.807) is 0 Å². The van der Waals surface area contributed by atoms with Crippen LogP contribution in [0.25, 0.3) is 0 Å². The lowest BCUT2D eigenvalue weighted by Crippen LogP contribution is -2.48. The van der Waals surface area contributed by atoms with E-state index in [0.29, 0.717) is 13.1 Å². The first kappa shape index (κ1) is 19.8. The second kappa shape index (κ2) is 9.27. The quantitative estimate of drug-likeness (QED) is 0.622. The van der Waals surface area contributed by atoms with E-state index in [4.69, 9.17) is 0 Å². The molecule has 1 aromatic carbocycles. The van der Waals surface area contributed by atoms with Crippen molar-refractivity contribution in [2.75, 3.05) is 25.4 Å². The Kier molecular flexibility index (Phi) is 7.36. The second-order valence-corrected chi connectivity index (χ2v) is 8.81. The molecule has 1 heterocycles. The van der Waals surface area contributed by atoms with Crippen molar-refractivity contribution in [1.29, 1.82) is 0 Å². The Morgan fingerprint density at radius 2 is 1.96 bits per heavy atom. The van der Waals surface area contributed by atoms with Gasteiger partial charge in [-0.1, -0.05) is 39.0 Å². The summed E-state index contributed by atoms with van der Waals surface area (Å²) in [6, 6.07) is 10.3. The molecule has 0 aromatic heterocycles. The molecule has 1 aliphatic heterocycles. The summed E-state index contributed by atoms with van der Waals surface area (Å²) >= 11 is 1.81. The highest BCUT2D eigenvalue weighted by Crippen LogP contribution is 2.23. The van der Waals surface area contributed by atoms with E-state index in [0.717, 1.165) is 31.6 Å². The largest absolute Gasteiger partial charge is 0.356 e. The average Bonchev–Trinajstić information content (AvgIpc) is 2.61. The van der Waals surface area contributed by atoms with E-state index in [1.807, 2.05) is 55.6 Å². The molecule has 1 unspecified atom stereocenters. The number of amides is 2. The molecule has 5 heteroatoms. The predicted molar refractivity (Wildman–Crippen MR) is 104 cm³/mol. The first-order chi connectivity index (χ1) is 11.9. The highest BCUT2D eigenvalue weighted by Gasteiger charge is 2.33. The molecule has 0 saturated carbocycles. The number of piperidine rings is 1. The summed E-state index contributed by atoms with van der Waals surface area (Å²) in [5.41, 5.74) is -0.382. The van der Waals surface area contributed by atoms with Gasteiger partial charge in [0.1, 0.15) is 0 Å². The first-order valence-electron chi connectivity index (χ1n) is 9.13. The van der Waals surface area contributed by atoms with E-state index in [1.165, 1.54) is 4.90 Å². The number of benzene rings is 1. The maximum absolute atomic E-state index is 12.4. The molecule has 0 aliphatic carbocycles. The van der Waals surface area contributed by atoms with Gasteiger partial charge in [0.25, 0.3) is 0 Å². The van der Waals surface area contributed by atoms with Crippen molar-refractivity contribution >= 4 is 23.6 Å². The molecule has 2 amide bonds. The zero-order valence-electron chi connectivity index (χ0n) is 15.6. The molecule has 138 valence electrons. The Morgan fingerprint density at radius 1 is 1.24 bits per heavy atom. The van der Waals surface area contributed by atoms with Crippen molar-refractivity contribution in [1.82, 2.24) is 10.2 Å². The van der Waals surface area contributed by atoms with Crippen molar-refractivity contribution in [2.24, 2.45) is 11.3 Å². The number of likely N-dealkylation sites (tertiary alicyclic amines) is 1. The Hall–Kier alpha value is -1.49. The lowest BCUT2D eigenvalue weighted by molar-refractivity contribution is -0.142. The minimum atomic E-state index is -0.382. The number of nitrogens with one attached hydrogen (secondary N) is 1. The van der Waals surface area contributed by atoms with Crippen LogP contribution >= 0.6 is 11.8 Å². The van der Waals surface area contributed by atoms with E-state index in [2.05, 4.69) is 17.4 Å². The van der Waals surface area contributed by atoms with Crippen LogP contribution in [0.5, 0.6) is 0 Å². The predicted octanol–water partition coefficient (Wildman–Crippen LogP) is 3.57. The average molecular weight is 363 g/mol. The van der Waals surface area contributed by atoms with E-state index in [-0.39, 0.29) is 23.1 Å². The lowest BCUT2D eigenvalue weighted by atomic mass is 9.91. The summed E-state index contributed by atoms with van der Waals surface area (Å²) in [5, 5.41) is 3.05. The molecular formula is C20H30N2O2S. The van der Waals surface area contributed by atoms with Gasteiger partial charge in [-0.2, -0.15) is 0 Å².